The Balaban J connectivity index is 1.64. The second-order valence-electron chi connectivity index (χ2n) is 6.65. The summed E-state index contributed by atoms with van der Waals surface area (Å²) in [7, 11) is 1.55. The highest BCUT2D eigenvalue weighted by Gasteiger charge is 2.13. The van der Waals surface area contributed by atoms with E-state index in [4.69, 9.17) is 32.7 Å². The molecular weight excluding hydrogens is 583 g/mol. The van der Waals surface area contributed by atoms with Crippen molar-refractivity contribution in [1.82, 2.24) is 5.43 Å². The van der Waals surface area contributed by atoms with Gasteiger partial charge in [0.2, 0.25) is 5.91 Å². The molecule has 0 aliphatic rings. The maximum Gasteiger partial charge on any atom is 0.244 e. The highest BCUT2D eigenvalue weighted by molar-refractivity contribution is 9.10. The fraction of sp³-hybridized carbons (Fsp3) is 0.130. The van der Waals surface area contributed by atoms with Gasteiger partial charge in [-0.3, -0.25) is 4.79 Å². The molecule has 0 heterocycles. The minimum absolute atomic E-state index is 0.214. The van der Waals surface area contributed by atoms with E-state index in [1.54, 1.807) is 25.3 Å². The molecule has 166 valence electrons. The van der Waals surface area contributed by atoms with E-state index in [1.165, 1.54) is 6.21 Å². The van der Waals surface area contributed by atoms with Gasteiger partial charge in [0, 0.05) is 20.1 Å². The second kappa shape index (κ2) is 11.7. The molecule has 0 bridgehead atoms. The van der Waals surface area contributed by atoms with Crippen LogP contribution in [0.25, 0.3) is 0 Å². The first-order valence-corrected chi connectivity index (χ1v) is 11.7. The molecule has 0 aliphatic heterocycles. The van der Waals surface area contributed by atoms with Crippen LogP contribution < -0.4 is 14.9 Å². The van der Waals surface area contributed by atoms with E-state index in [2.05, 4.69) is 42.4 Å². The molecule has 0 radical (unpaired) electrons. The van der Waals surface area contributed by atoms with E-state index in [0.29, 0.717) is 26.0 Å². The fourth-order valence-electron chi connectivity index (χ4n) is 2.75. The van der Waals surface area contributed by atoms with Crippen molar-refractivity contribution in [3.8, 4) is 11.5 Å². The number of carbonyl (C=O) groups excluding carboxylic acids is 1. The summed E-state index contributed by atoms with van der Waals surface area (Å²) in [5.74, 6) is 0.816. The minimum Gasteiger partial charge on any atom is -0.493 e. The SMILES string of the molecule is COc1cc(/C=N\NC(=O)Cc2ccc(Br)cc2)cc(Br)c1OCc1ccc(Cl)cc1Cl. The number of benzene rings is 3. The molecule has 5 nitrogen and oxygen atoms in total. The first kappa shape index (κ1) is 24.6. The largest absolute Gasteiger partial charge is 0.493 e. The van der Waals surface area contributed by atoms with Gasteiger partial charge in [-0.2, -0.15) is 5.10 Å². The van der Waals surface area contributed by atoms with Crippen molar-refractivity contribution < 1.29 is 14.3 Å². The van der Waals surface area contributed by atoms with E-state index in [1.807, 2.05) is 36.4 Å². The summed E-state index contributed by atoms with van der Waals surface area (Å²) in [4.78, 5) is 12.1. The van der Waals surface area contributed by atoms with Crippen molar-refractivity contribution in [3.63, 3.8) is 0 Å². The molecule has 3 aromatic rings. The summed E-state index contributed by atoms with van der Waals surface area (Å²) < 4.78 is 13.0. The molecule has 0 atom stereocenters. The zero-order valence-corrected chi connectivity index (χ0v) is 21.6. The molecule has 0 spiro atoms. The van der Waals surface area contributed by atoms with Gasteiger partial charge in [-0.25, -0.2) is 5.43 Å². The zero-order valence-electron chi connectivity index (χ0n) is 16.9. The quantitative estimate of drug-likeness (QED) is 0.229. The van der Waals surface area contributed by atoms with E-state index < -0.39 is 0 Å². The van der Waals surface area contributed by atoms with Gasteiger partial charge in [0.05, 0.1) is 24.2 Å². The number of hydrazone groups is 1. The summed E-state index contributed by atoms with van der Waals surface area (Å²) in [5.41, 5.74) is 4.94. The van der Waals surface area contributed by atoms with Gasteiger partial charge in [-0.15, -0.1) is 0 Å². The maximum absolute atomic E-state index is 12.1. The molecule has 1 N–H and O–H groups in total. The molecule has 3 rings (SSSR count). The topological polar surface area (TPSA) is 59.9 Å². The maximum atomic E-state index is 12.1. The average molecular weight is 601 g/mol. The molecule has 32 heavy (non-hydrogen) atoms. The number of ether oxygens (including phenoxy) is 2. The van der Waals surface area contributed by atoms with Crippen molar-refractivity contribution in [1.29, 1.82) is 0 Å². The Kier molecular flexibility index (Phi) is 8.99. The summed E-state index contributed by atoms with van der Waals surface area (Å²) in [6.45, 7) is 0.241. The van der Waals surface area contributed by atoms with Gasteiger partial charge in [-0.1, -0.05) is 57.3 Å². The van der Waals surface area contributed by atoms with Gasteiger partial charge in [0.25, 0.3) is 0 Å². The van der Waals surface area contributed by atoms with E-state index >= 15 is 0 Å². The van der Waals surface area contributed by atoms with Crippen LogP contribution in [-0.2, 0) is 17.8 Å². The third-order valence-corrected chi connectivity index (χ3v) is 6.02. The zero-order chi connectivity index (χ0) is 23.1. The van der Waals surface area contributed by atoms with Crippen LogP contribution in [0.15, 0.2) is 68.6 Å². The van der Waals surface area contributed by atoms with E-state index in [9.17, 15) is 4.79 Å². The van der Waals surface area contributed by atoms with E-state index in [0.717, 1.165) is 21.2 Å². The summed E-state index contributed by atoms with van der Waals surface area (Å²) >= 11 is 19.0. The highest BCUT2D eigenvalue weighted by Crippen LogP contribution is 2.37. The molecule has 0 saturated heterocycles. The smallest absolute Gasteiger partial charge is 0.244 e. The lowest BCUT2D eigenvalue weighted by Crippen LogP contribution is -2.19. The molecule has 3 aromatic carbocycles. The van der Waals surface area contributed by atoms with E-state index in [-0.39, 0.29) is 18.9 Å². The van der Waals surface area contributed by atoms with Gasteiger partial charge in [-0.05, 0) is 63.5 Å². The van der Waals surface area contributed by atoms with Crippen molar-refractivity contribution in [2.24, 2.45) is 5.10 Å². The van der Waals surface area contributed by atoms with Crippen molar-refractivity contribution in [2.75, 3.05) is 7.11 Å². The Bertz CT molecular complexity index is 1140. The lowest BCUT2D eigenvalue weighted by molar-refractivity contribution is -0.120. The van der Waals surface area contributed by atoms with Crippen LogP contribution in [0.4, 0.5) is 0 Å². The van der Waals surface area contributed by atoms with Crippen LogP contribution in [0.3, 0.4) is 0 Å². The van der Waals surface area contributed by atoms with Crippen LogP contribution >= 0.6 is 55.1 Å². The third-order valence-electron chi connectivity index (χ3n) is 4.32. The predicted octanol–water partition coefficient (Wildman–Crippen LogP) is 6.80. The monoisotopic (exact) mass is 598 g/mol. The molecule has 0 fully saturated rings. The Morgan fingerprint density at radius 1 is 1.09 bits per heavy atom. The fourth-order valence-corrected chi connectivity index (χ4v) is 4.05. The molecule has 0 saturated carbocycles. The molecule has 0 unspecified atom stereocenters. The average Bonchev–Trinajstić information content (AvgIpc) is 2.75. The number of nitrogens with zero attached hydrogens (tertiary/aromatic N) is 1. The second-order valence-corrected chi connectivity index (χ2v) is 9.27. The Morgan fingerprint density at radius 2 is 1.84 bits per heavy atom. The number of amides is 1. The molecule has 0 aromatic heterocycles. The molecule has 1 amide bonds. The summed E-state index contributed by atoms with van der Waals surface area (Å²) in [6, 6.07) is 16.3. The minimum atomic E-state index is -0.214. The van der Waals surface area contributed by atoms with Crippen molar-refractivity contribution >= 4 is 67.2 Å². The third kappa shape index (κ3) is 6.97. The normalized spacial score (nSPS) is 10.9. The number of rotatable bonds is 8. The Hall–Kier alpha value is -2.06. The van der Waals surface area contributed by atoms with Crippen LogP contribution in [0.1, 0.15) is 16.7 Å². The lowest BCUT2D eigenvalue weighted by atomic mass is 10.1. The molecule has 9 heteroatoms. The summed E-state index contributed by atoms with van der Waals surface area (Å²) in [5, 5.41) is 5.12. The van der Waals surface area contributed by atoms with Crippen LogP contribution in [-0.4, -0.2) is 19.2 Å². The first-order chi connectivity index (χ1) is 15.4. The number of hydrogen-bond donors (Lipinski definition) is 1. The molecular formula is C23H18Br2Cl2N2O3. The van der Waals surface area contributed by atoms with Crippen LogP contribution in [0.5, 0.6) is 11.5 Å². The number of hydrogen-bond acceptors (Lipinski definition) is 4. The number of carbonyl (C=O) groups is 1. The summed E-state index contributed by atoms with van der Waals surface area (Å²) in [6.07, 6.45) is 1.77. The van der Waals surface area contributed by atoms with Crippen LogP contribution in [0.2, 0.25) is 10.0 Å². The van der Waals surface area contributed by atoms with Gasteiger partial charge in [0.1, 0.15) is 6.61 Å². The van der Waals surface area contributed by atoms with Crippen molar-refractivity contribution in [3.05, 3.63) is 90.3 Å². The van der Waals surface area contributed by atoms with Crippen LogP contribution in [0, 0.1) is 0 Å². The standard InChI is InChI=1S/C23H18Br2Cl2N2O3/c1-31-21-9-15(12-28-29-22(30)10-14-2-5-17(24)6-3-14)8-19(25)23(21)32-13-16-4-7-18(26)11-20(16)27/h2-9,11-12H,10,13H2,1H3,(H,29,30)/b28-12-. The van der Waals surface area contributed by atoms with Gasteiger partial charge < -0.3 is 9.47 Å². The lowest BCUT2D eigenvalue weighted by Gasteiger charge is -2.14. The molecule has 0 aliphatic carbocycles. The highest BCUT2D eigenvalue weighted by atomic mass is 79.9. The number of nitrogens with one attached hydrogen (secondary N) is 1. The first-order valence-electron chi connectivity index (χ1n) is 9.36. The Labute approximate surface area is 213 Å². The van der Waals surface area contributed by atoms with Gasteiger partial charge in [0.15, 0.2) is 11.5 Å². The Morgan fingerprint density at radius 3 is 2.53 bits per heavy atom. The number of methoxy groups -OCH3 is 1. The van der Waals surface area contributed by atoms with Gasteiger partial charge >= 0.3 is 0 Å². The predicted molar refractivity (Wildman–Crippen MR) is 135 cm³/mol. The van der Waals surface area contributed by atoms with Crippen molar-refractivity contribution in [2.45, 2.75) is 13.0 Å². The number of halogens is 4.